The first-order valence-electron chi connectivity index (χ1n) is 6.64. The zero-order chi connectivity index (χ0) is 15.0. The van der Waals surface area contributed by atoms with Gasteiger partial charge < -0.3 is 20.5 Å². The SMILES string of the molecule is COc1cc(C2NC(=O)c3cccc(C)c3N2)ccc1O. The minimum Gasteiger partial charge on any atom is -0.504 e. The molecule has 5 heteroatoms. The van der Waals surface area contributed by atoms with Crippen LogP contribution in [0.3, 0.4) is 0 Å². The fourth-order valence-electron chi connectivity index (χ4n) is 2.48. The average molecular weight is 284 g/mol. The van der Waals surface area contributed by atoms with Crippen LogP contribution in [0.5, 0.6) is 11.5 Å². The molecule has 21 heavy (non-hydrogen) atoms. The lowest BCUT2D eigenvalue weighted by atomic mass is 10.0. The number of carbonyl (C=O) groups excluding carboxylic acids is 1. The molecule has 5 nitrogen and oxygen atoms in total. The first-order chi connectivity index (χ1) is 10.1. The number of ether oxygens (including phenoxy) is 1. The molecule has 2 aromatic rings. The number of phenols is 1. The molecule has 0 saturated heterocycles. The molecule has 0 aliphatic carbocycles. The predicted octanol–water partition coefficient (Wildman–Crippen LogP) is 2.56. The van der Waals surface area contributed by atoms with E-state index < -0.39 is 0 Å². The molecule has 0 spiro atoms. The van der Waals surface area contributed by atoms with Crippen molar-refractivity contribution in [2.75, 3.05) is 12.4 Å². The van der Waals surface area contributed by atoms with Gasteiger partial charge in [-0.1, -0.05) is 18.2 Å². The topological polar surface area (TPSA) is 70.6 Å². The summed E-state index contributed by atoms with van der Waals surface area (Å²) in [5.74, 6) is 0.323. The second-order valence-electron chi connectivity index (χ2n) is 4.98. The van der Waals surface area contributed by atoms with Crippen LogP contribution >= 0.6 is 0 Å². The van der Waals surface area contributed by atoms with Gasteiger partial charge in [-0.2, -0.15) is 0 Å². The summed E-state index contributed by atoms with van der Waals surface area (Å²) in [4.78, 5) is 12.2. The molecule has 0 saturated carbocycles. The minimum atomic E-state index is -0.361. The second-order valence-corrected chi connectivity index (χ2v) is 4.98. The van der Waals surface area contributed by atoms with Crippen molar-refractivity contribution in [1.29, 1.82) is 0 Å². The first kappa shape index (κ1) is 13.3. The lowest BCUT2D eigenvalue weighted by Gasteiger charge is -2.29. The summed E-state index contributed by atoms with van der Waals surface area (Å²) in [7, 11) is 1.49. The van der Waals surface area contributed by atoms with E-state index in [1.165, 1.54) is 7.11 Å². The second kappa shape index (κ2) is 5.01. The van der Waals surface area contributed by atoms with Crippen LogP contribution in [-0.2, 0) is 0 Å². The largest absolute Gasteiger partial charge is 0.504 e. The van der Waals surface area contributed by atoms with Gasteiger partial charge in [-0.25, -0.2) is 0 Å². The molecule has 0 bridgehead atoms. The molecule has 0 radical (unpaired) electrons. The Morgan fingerprint density at radius 3 is 2.76 bits per heavy atom. The van der Waals surface area contributed by atoms with Crippen LogP contribution in [0, 0.1) is 6.92 Å². The van der Waals surface area contributed by atoms with Gasteiger partial charge in [-0.3, -0.25) is 4.79 Å². The Morgan fingerprint density at radius 2 is 2.00 bits per heavy atom. The number of aryl methyl sites for hydroxylation is 1. The van der Waals surface area contributed by atoms with Gasteiger partial charge in [0.15, 0.2) is 11.5 Å². The number of nitrogens with one attached hydrogen (secondary N) is 2. The number of anilines is 1. The number of carbonyl (C=O) groups is 1. The number of benzene rings is 2. The fourth-order valence-corrected chi connectivity index (χ4v) is 2.48. The molecule has 1 aliphatic heterocycles. The Kier molecular flexibility index (Phi) is 3.17. The van der Waals surface area contributed by atoms with Gasteiger partial charge in [-0.05, 0) is 36.2 Å². The number of methoxy groups -OCH3 is 1. The lowest BCUT2D eigenvalue weighted by molar-refractivity contribution is 0.0935. The molecular weight excluding hydrogens is 268 g/mol. The third-order valence-electron chi connectivity index (χ3n) is 3.62. The monoisotopic (exact) mass is 284 g/mol. The predicted molar refractivity (Wildman–Crippen MR) is 79.7 cm³/mol. The average Bonchev–Trinajstić information content (AvgIpc) is 2.48. The Bertz CT molecular complexity index is 713. The van der Waals surface area contributed by atoms with Gasteiger partial charge in [0.05, 0.1) is 18.4 Å². The number of fused-ring (bicyclic) bond motifs is 1. The van der Waals surface area contributed by atoms with Gasteiger partial charge in [0.2, 0.25) is 0 Å². The Balaban J connectivity index is 1.99. The van der Waals surface area contributed by atoms with Gasteiger partial charge >= 0.3 is 0 Å². The number of phenolic OH excluding ortho intramolecular Hbond substituents is 1. The highest BCUT2D eigenvalue weighted by Gasteiger charge is 2.26. The van der Waals surface area contributed by atoms with Crippen molar-refractivity contribution >= 4 is 11.6 Å². The standard InChI is InChI=1S/C16H16N2O3/c1-9-4-3-5-11-14(9)17-15(18-16(11)20)10-6-7-12(19)13(8-10)21-2/h3-8,15,17,19H,1-2H3,(H,18,20). The van der Waals surface area contributed by atoms with E-state index in [0.717, 1.165) is 16.8 Å². The Labute approximate surface area is 122 Å². The van der Waals surface area contributed by atoms with Gasteiger partial charge in [0.1, 0.15) is 6.17 Å². The van der Waals surface area contributed by atoms with Crippen LogP contribution in [0.25, 0.3) is 0 Å². The van der Waals surface area contributed by atoms with E-state index in [4.69, 9.17) is 4.74 Å². The molecule has 0 fully saturated rings. The number of amides is 1. The highest BCUT2D eigenvalue weighted by molar-refractivity contribution is 6.02. The summed E-state index contributed by atoms with van der Waals surface area (Å²) in [6, 6.07) is 10.6. The molecule has 1 heterocycles. The third-order valence-corrected chi connectivity index (χ3v) is 3.62. The number of para-hydroxylation sites is 1. The number of hydrogen-bond acceptors (Lipinski definition) is 4. The van der Waals surface area contributed by atoms with Crippen LogP contribution in [0.15, 0.2) is 36.4 Å². The minimum absolute atomic E-state index is 0.0694. The quantitative estimate of drug-likeness (QED) is 0.792. The van der Waals surface area contributed by atoms with Crippen LogP contribution < -0.4 is 15.4 Å². The highest BCUT2D eigenvalue weighted by atomic mass is 16.5. The van der Waals surface area contributed by atoms with E-state index in [2.05, 4.69) is 10.6 Å². The fraction of sp³-hybridized carbons (Fsp3) is 0.188. The smallest absolute Gasteiger partial charge is 0.255 e. The van der Waals surface area contributed by atoms with E-state index in [-0.39, 0.29) is 17.8 Å². The summed E-state index contributed by atoms with van der Waals surface area (Å²) in [5, 5.41) is 15.9. The molecule has 0 aromatic heterocycles. The molecule has 1 aliphatic rings. The molecule has 1 unspecified atom stereocenters. The zero-order valence-electron chi connectivity index (χ0n) is 11.8. The molecule has 108 valence electrons. The van der Waals surface area contributed by atoms with Crippen molar-refractivity contribution in [2.24, 2.45) is 0 Å². The van der Waals surface area contributed by atoms with E-state index in [0.29, 0.717) is 11.3 Å². The maximum absolute atomic E-state index is 12.2. The normalized spacial score (nSPS) is 16.7. The van der Waals surface area contributed by atoms with E-state index in [9.17, 15) is 9.90 Å². The van der Waals surface area contributed by atoms with Crippen LogP contribution in [0.2, 0.25) is 0 Å². The summed E-state index contributed by atoms with van der Waals surface area (Å²) < 4.78 is 5.11. The van der Waals surface area contributed by atoms with E-state index in [1.807, 2.05) is 19.1 Å². The van der Waals surface area contributed by atoms with Crippen LogP contribution in [0.1, 0.15) is 27.7 Å². The molecule has 3 rings (SSSR count). The van der Waals surface area contributed by atoms with Gasteiger partial charge in [0.25, 0.3) is 5.91 Å². The summed E-state index contributed by atoms with van der Waals surface area (Å²) in [5.41, 5.74) is 3.29. The summed E-state index contributed by atoms with van der Waals surface area (Å²) in [6.07, 6.45) is -0.361. The summed E-state index contributed by atoms with van der Waals surface area (Å²) >= 11 is 0. The lowest BCUT2D eigenvalue weighted by Crippen LogP contribution is -2.38. The summed E-state index contributed by atoms with van der Waals surface area (Å²) in [6.45, 7) is 1.96. The molecule has 1 atom stereocenters. The number of hydrogen-bond donors (Lipinski definition) is 3. The molecule has 1 amide bonds. The Hall–Kier alpha value is -2.69. The van der Waals surface area contributed by atoms with E-state index >= 15 is 0 Å². The molecular formula is C16H16N2O3. The van der Waals surface area contributed by atoms with Crippen molar-refractivity contribution in [3.8, 4) is 11.5 Å². The van der Waals surface area contributed by atoms with Crippen molar-refractivity contribution in [3.05, 3.63) is 53.1 Å². The van der Waals surface area contributed by atoms with E-state index in [1.54, 1.807) is 24.3 Å². The number of aromatic hydroxyl groups is 1. The maximum atomic E-state index is 12.2. The highest BCUT2D eigenvalue weighted by Crippen LogP contribution is 2.33. The van der Waals surface area contributed by atoms with Crippen molar-refractivity contribution in [2.45, 2.75) is 13.1 Å². The van der Waals surface area contributed by atoms with Gasteiger partial charge in [-0.15, -0.1) is 0 Å². The Morgan fingerprint density at radius 1 is 1.19 bits per heavy atom. The number of rotatable bonds is 2. The maximum Gasteiger partial charge on any atom is 0.255 e. The zero-order valence-corrected chi connectivity index (χ0v) is 11.8. The molecule has 2 aromatic carbocycles. The van der Waals surface area contributed by atoms with Crippen LogP contribution in [0.4, 0.5) is 5.69 Å². The third kappa shape index (κ3) is 2.27. The molecule has 3 N–H and O–H groups in total. The first-order valence-corrected chi connectivity index (χ1v) is 6.64. The van der Waals surface area contributed by atoms with Crippen molar-refractivity contribution in [1.82, 2.24) is 5.32 Å². The van der Waals surface area contributed by atoms with Crippen molar-refractivity contribution < 1.29 is 14.6 Å². The van der Waals surface area contributed by atoms with Crippen LogP contribution in [-0.4, -0.2) is 18.1 Å². The van der Waals surface area contributed by atoms with Gasteiger partial charge in [0, 0.05) is 0 Å². The van der Waals surface area contributed by atoms with Crippen molar-refractivity contribution in [3.63, 3.8) is 0 Å².